The van der Waals surface area contributed by atoms with Gasteiger partial charge < -0.3 is 4.74 Å². The minimum atomic E-state index is -0.247. The molecule has 0 radical (unpaired) electrons. The highest BCUT2D eigenvalue weighted by molar-refractivity contribution is 7.99. The van der Waals surface area contributed by atoms with E-state index in [0.29, 0.717) is 12.3 Å². The van der Waals surface area contributed by atoms with Gasteiger partial charge in [0.05, 0.1) is 16.3 Å². The fraction of sp³-hybridized carbons (Fsp3) is 0.154. The van der Waals surface area contributed by atoms with Crippen molar-refractivity contribution in [2.24, 2.45) is 0 Å². The van der Waals surface area contributed by atoms with E-state index in [-0.39, 0.29) is 5.97 Å². The molecule has 0 unspecified atom stereocenters. The van der Waals surface area contributed by atoms with Gasteiger partial charge in [-0.05, 0) is 49.6 Å². The van der Waals surface area contributed by atoms with Gasteiger partial charge in [0.2, 0.25) is 5.88 Å². The van der Waals surface area contributed by atoms with Gasteiger partial charge in [-0.3, -0.25) is 4.79 Å². The highest BCUT2D eigenvalue weighted by Crippen LogP contribution is 2.39. The van der Waals surface area contributed by atoms with E-state index in [1.807, 2.05) is 85.8 Å². The van der Waals surface area contributed by atoms with Gasteiger partial charge >= 0.3 is 5.97 Å². The Bertz CT molecular complexity index is 1130. The number of carbonyl (C=O) groups is 1. The van der Waals surface area contributed by atoms with E-state index < -0.39 is 0 Å². The Hall–Kier alpha value is -3.31. The third-order valence-corrected chi connectivity index (χ3v) is 6.01. The average molecular weight is 429 g/mol. The number of benzene rings is 3. The van der Waals surface area contributed by atoms with E-state index >= 15 is 0 Å². The lowest BCUT2D eigenvalue weighted by molar-refractivity contribution is -0.135. The monoisotopic (exact) mass is 428 g/mol. The van der Waals surface area contributed by atoms with Crippen LogP contribution in [0.1, 0.15) is 24.1 Å². The number of carbonyl (C=O) groups excluding carboxylic acids is 1. The maximum Gasteiger partial charge on any atom is 0.312 e. The molecule has 5 heteroatoms. The number of para-hydroxylation sites is 1. The second-order valence-corrected chi connectivity index (χ2v) is 8.28. The van der Waals surface area contributed by atoms with Gasteiger partial charge in [0.25, 0.3) is 0 Å². The number of ether oxygens (including phenoxy) is 1. The van der Waals surface area contributed by atoms with Gasteiger partial charge in [-0.25, -0.2) is 0 Å². The maximum absolute atomic E-state index is 12.7. The summed E-state index contributed by atoms with van der Waals surface area (Å²) >= 11 is 1.56. The van der Waals surface area contributed by atoms with Crippen molar-refractivity contribution in [3.8, 4) is 11.6 Å². The summed E-state index contributed by atoms with van der Waals surface area (Å²) in [5.74, 6) is 0.227. The van der Waals surface area contributed by atoms with Crippen LogP contribution < -0.4 is 4.74 Å². The van der Waals surface area contributed by atoms with E-state index in [4.69, 9.17) is 4.74 Å². The molecular weight excluding hydrogens is 404 g/mol. The van der Waals surface area contributed by atoms with Gasteiger partial charge in [0.15, 0.2) is 0 Å². The number of aromatic nitrogens is 2. The summed E-state index contributed by atoms with van der Waals surface area (Å²) in [6, 6.07) is 30.0. The summed E-state index contributed by atoms with van der Waals surface area (Å²) in [6.45, 7) is 1.94. The van der Waals surface area contributed by atoms with Crippen molar-refractivity contribution in [1.82, 2.24) is 9.78 Å². The minimum absolute atomic E-state index is 0.247. The number of hydrogen-bond acceptors (Lipinski definition) is 4. The molecule has 0 aliphatic rings. The zero-order valence-electron chi connectivity index (χ0n) is 17.4. The molecule has 0 aliphatic heterocycles. The normalized spacial score (nSPS) is 10.7. The van der Waals surface area contributed by atoms with Crippen molar-refractivity contribution in [2.75, 3.05) is 0 Å². The predicted octanol–water partition coefficient (Wildman–Crippen LogP) is 6.26. The van der Waals surface area contributed by atoms with Gasteiger partial charge in [-0.2, -0.15) is 9.78 Å². The van der Waals surface area contributed by atoms with Crippen LogP contribution in [0.4, 0.5) is 0 Å². The van der Waals surface area contributed by atoms with E-state index in [9.17, 15) is 4.79 Å². The SMILES string of the molecule is Cc1nn(-c2ccccc2)c(OC(=O)CCCc2ccccc2)c1Sc1ccccc1. The number of nitrogens with zero attached hydrogens (tertiary/aromatic N) is 2. The van der Waals surface area contributed by atoms with Crippen LogP contribution in [0, 0.1) is 6.92 Å². The minimum Gasteiger partial charge on any atom is -0.406 e. The Balaban J connectivity index is 1.55. The fourth-order valence-corrected chi connectivity index (χ4v) is 4.22. The Labute approximate surface area is 186 Å². The first-order valence-corrected chi connectivity index (χ1v) is 11.1. The summed E-state index contributed by atoms with van der Waals surface area (Å²) in [4.78, 5) is 14.6. The van der Waals surface area contributed by atoms with Crippen molar-refractivity contribution in [3.63, 3.8) is 0 Å². The Kier molecular flexibility index (Phi) is 6.85. The molecule has 0 aliphatic carbocycles. The predicted molar refractivity (Wildman–Crippen MR) is 124 cm³/mol. The smallest absolute Gasteiger partial charge is 0.312 e. The van der Waals surface area contributed by atoms with Crippen LogP contribution in [0.2, 0.25) is 0 Å². The molecule has 4 rings (SSSR count). The standard InChI is InChI=1S/C26H24N2O2S/c1-20-25(31-23-17-9-4-10-18-23)26(28(27-20)22-15-7-3-8-16-22)30-24(29)19-11-14-21-12-5-2-6-13-21/h2-10,12-13,15-18H,11,14,19H2,1H3. The number of aryl methyl sites for hydroxylation is 2. The first kappa shape index (κ1) is 20.9. The number of esters is 1. The number of hydrogen-bond donors (Lipinski definition) is 0. The molecule has 0 amide bonds. The molecule has 0 atom stereocenters. The van der Waals surface area contributed by atoms with Gasteiger partial charge in [-0.15, -0.1) is 0 Å². The molecule has 0 spiro atoms. The molecule has 156 valence electrons. The topological polar surface area (TPSA) is 44.1 Å². The van der Waals surface area contributed by atoms with Crippen LogP contribution in [0.3, 0.4) is 0 Å². The molecule has 0 saturated heterocycles. The Morgan fingerprint density at radius 2 is 1.52 bits per heavy atom. The zero-order chi connectivity index (χ0) is 21.5. The lowest BCUT2D eigenvalue weighted by Gasteiger charge is -2.10. The highest BCUT2D eigenvalue weighted by Gasteiger charge is 2.21. The molecule has 0 saturated carbocycles. The molecule has 0 bridgehead atoms. The van der Waals surface area contributed by atoms with E-state index in [1.54, 1.807) is 16.4 Å². The molecule has 1 aromatic heterocycles. The van der Waals surface area contributed by atoms with Crippen molar-refractivity contribution in [1.29, 1.82) is 0 Å². The van der Waals surface area contributed by atoms with Crippen molar-refractivity contribution in [2.45, 2.75) is 36.0 Å². The molecule has 1 heterocycles. The summed E-state index contributed by atoms with van der Waals surface area (Å²) in [5.41, 5.74) is 2.91. The second kappa shape index (κ2) is 10.1. The van der Waals surface area contributed by atoms with Gasteiger partial charge in [0, 0.05) is 11.3 Å². The van der Waals surface area contributed by atoms with Crippen LogP contribution in [0.15, 0.2) is 101 Å². The van der Waals surface area contributed by atoms with E-state index in [2.05, 4.69) is 17.2 Å². The summed E-state index contributed by atoms with van der Waals surface area (Å²) in [6.07, 6.45) is 1.93. The van der Waals surface area contributed by atoms with Crippen LogP contribution in [0.5, 0.6) is 5.88 Å². The third-order valence-electron chi connectivity index (χ3n) is 4.83. The molecule has 0 N–H and O–H groups in total. The van der Waals surface area contributed by atoms with Crippen molar-refractivity contribution in [3.05, 3.63) is 102 Å². The van der Waals surface area contributed by atoms with Crippen molar-refractivity contribution >= 4 is 17.7 Å². The third kappa shape index (κ3) is 5.44. The van der Waals surface area contributed by atoms with Gasteiger partial charge in [-0.1, -0.05) is 78.5 Å². The Morgan fingerprint density at radius 3 is 2.19 bits per heavy atom. The molecule has 0 fully saturated rings. The summed E-state index contributed by atoms with van der Waals surface area (Å²) < 4.78 is 7.62. The van der Waals surface area contributed by atoms with Crippen LogP contribution in [-0.2, 0) is 11.2 Å². The molecular formula is C26H24N2O2S. The summed E-state index contributed by atoms with van der Waals surface area (Å²) in [7, 11) is 0. The van der Waals surface area contributed by atoms with Crippen LogP contribution in [-0.4, -0.2) is 15.7 Å². The molecule has 4 aromatic rings. The summed E-state index contributed by atoms with van der Waals surface area (Å²) in [5, 5.41) is 4.68. The quantitative estimate of drug-likeness (QED) is 0.311. The second-order valence-electron chi connectivity index (χ2n) is 7.20. The maximum atomic E-state index is 12.7. The lowest BCUT2D eigenvalue weighted by atomic mass is 10.1. The molecule has 4 nitrogen and oxygen atoms in total. The largest absolute Gasteiger partial charge is 0.406 e. The molecule has 31 heavy (non-hydrogen) atoms. The lowest BCUT2D eigenvalue weighted by Crippen LogP contribution is -2.12. The van der Waals surface area contributed by atoms with Gasteiger partial charge in [0.1, 0.15) is 0 Å². The molecule has 3 aromatic carbocycles. The number of rotatable bonds is 8. The van der Waals surface area contributed by atoms with Crippen LogP contribution >= 0.6 is 11.8 Å². The first-order chi connectivity index (χ1) is 15.2. The van der Waals surface area contributed by atoms with E-state index in [1.165, 1.54) is 5.56 Å². The fourth-order valence-electron chi connectivity index (χ4n) is 3.29. The Morgan fingerprint density at radius 1 is 0.903 bits per heavy atom. The zero-order valence-corrected chi connectivity index (χ0v) is 18.2. The first-order valence-electron chi connectivity index (χ1n) is 10.3. The average Bonchev–Trinajstić information content (AvgIpc) is 3.11. The van der Waals surface area contributed by atoms with Crippen LogP contribution in [0.25, 0.3) is 5.69 Å². The highest BCUT2D eigenvalue weighted by atomic mass is 32.2. The van der Waals surface area contributed by atoms with E-state index in [0.717, 1.165) is 34.0 Å². The van der Waals surface area contributed by atoms with Crippen molar-refractivity contribution < 1.29 is 9.53 Å².